The fraction of sp³-hybridized carbons (Fsp3) is 0.412. The Balaban J connectivity index is 1.88. The Labute approximate surface area is 140 Å². The fourth-order valence-corrected chi connectivity index (χ4v) is 2.75. The zero-order valence-corrected chi connectivity index (χ0v) is 14.3. The second kappa shape index (κ2) is 9.27. The number of hydrogen-bond acceptors (Lipinski definition) is 5. The molecule has 0 aliphatic carbocycles. The van der Waals surface area contributed by atoms with Crippen LogP contribution in [0.2, 0.25) is 0 Å². The first-order chi connectivity index (χ1) is 11.2. The monoisotopic (exact) mass is 334 g/mol. The first-order valence-corrected chi connectivity index (χ1v) is 8.67. The van der Waals surface area contributed by atoms with Gasteiger partial charge >= 0.3 is 0 Å². The van der Waals surface area contributed by atoms with Gasteiger partial charge in [0.25, 0.3) is 0 Å². The van der Waals surface area contributed by atoms with Gasteiger partial charge in [-0.25, -0.2) is 4.98 Å². The molecule has 0 radical (unpaired) electrons. The van der Waals surface area contributed by atoms with E-state index in [1.54, 1.807) is 0 Å². The summed E-state index contributed by atoms with van der Waals surface area (Å²) >= 11 is 1.43. The first-order valence-electron chi connectivity index (χ1n) is 7.79. The number of benzene rings is 1. The number of carbonyl (C=O) groups is 1. The molecule has 0 aliphatic heterocycles. The highest BCUT2D eigenvalue weighted by Crippen LogP contribution is 2.26. The number of nitrogens with zero attached hydrogens (tertiary/aromatic N) is 1. The van der Waals surface area contributed by atoms with Crippen molar-refractivity contribution in [1.82, 2.24) is 4.98 Å². The Morgan fingerprint density at radius 1 is 1.22 bits per heavy atom. The SMILES string of the molecule is CCOCCCC(=O)Nc1nc(-c2ccc(OCC)cc2)cs1. The van der Waals surface area contributed by atoms with Crippen LogP contribution in [0.5, 0.6) is 5.75 Å². The van der Waals surface area contributed by atoms with Crippen LogP contribution in [0.3, 0.4) is 0 Å². The highest BCUT2D eigenvalue weighted by atomic mass is 32.1. The summed E-state index contributed by atoms with van der Waals surface area (Å²) in [7, 11) is 0. The quantitative estimate of drug-likeness (QED) is 0.705. The van der Waals surface area contributed by atoms with Crippen LogP contribution in [-0.4, -0.2) is 30.7 Å². The predicted octanol–water partition coefficient (Wildman–Crippen LogP) is 3.96. The highest BCUT2D eigenvalue weighted by Gasteiger charge is 2.08. The van der Waals surface area contributed by atoms with Crippen LogP contribution < -0.4 is 10.1 Å². The van der Waals surface area contributed by atoms with Crippen molar-refractivity contribution in [2.45, 2.75) is 26.7 Å². The third-order valence-corrected chi connectivity index (χ3v) is 3.87. The van der Waals surface area contributed by atoms with Crippen molar-refractivity contribution >= 4 is 22.4 Å². The maximum absolute atomic E-state index is 11.8. The highest BCUT2D eigenvalue weighted by molar-refractivity contribution is 7.14. The number of thiazole rings is 1. The molecule has 0 saturated heterocycles. The van der Waals surface area contributed by atoms with E-state index in [1.165, 1.54) is 11.3 Å². The second-order valence-corrected chi connectivity index (χ2v) is 5.70. The Kier molecular flexibility index (Phi) is 7.03. The molecule has 0 saturated carbocycles. The van der Waals surface area contributed by atoms with Gasteiger partial charge < -0.3 is 14.8 Å². The second-order valence-electron chi connectivity index (χ2n) is 4.84. The van der Waals surface area contributed by atoms with E-state index >= 15 is 0 Å². The largest absolute Gasteiger partial charge is 0.494 e. The molecule has 0 fully saturated rings. The summed E-state index contributed by atoms with van der Waals surface area (Å²) in [6, 6.07) is 7.77. The van der Waals surface area contributed by atoms with Crippen molar-refractivity contribution in [1.29, 1.82) is 0 Å². The van der Waals surface area contributed by atoms with E-state index in [2.05, 4.69) is 10.3 Å². The molecule has 0 aliphatic rings. The minimum Gasteiger partial charge on any atom is -0.494 e. The Morgan fingerprint density at radius 3 is 2.70 bits per heavy atom. The zero-order chi connectivity index (χ0) is 16.5. The van der Waals surface area contributed by atoms with Crippen molar-refractivity contribution in [3.8, 4) is 17.0 Å². The maximum Gasteiger partial charge on any atom is 0.226 e. The zero-order valence-electron chi connectivity index (χ0n) is 13.5. The van der Waals surface area contributed by atoms with E-state index < -0.39 is 0 Å². The van der Waals surface area contributed by atoms with Crippen LogP contribution in [0.4, 0.5) is 5.13 Å². The molecule has 1 N–H and O–H groups in total. The van der Waals surface area contributed by atoms with Gasteiger partial charge in [-0.05, 0) is 44.5 Å². The number of carbonyl (C=O) groups excluding carboxylic acids is 1. The summed E-state index contributed by atoms with van der Waals surface area (Å²) in [5, 5.41) is 5.39. The van der Waals surface area contributed by atoms with Crippen LogP contribution in [0.25, 0.3) is 11.3 Å². The van der Waals surface area contributed by atoms with E-state index in [0.29, 0.717) is 31.4 Å². The molecule has 0 bridgehead atoms. The van der Waals surface area contributed by atoms with E-state index in [4.69, 9.17) is 9.47 Å². The lowest BCUT2D eigenvalue weighted by Crippen LogP contribution is -2.12. The van der Waals surface area contributed by atoms with Gasteiger partial charge in [0.15, 0.2) is 5.13 Å². The molecular weight excluding hydrogens is 312 g/mol. The molecule has 2 aromatic rings. The number of anilines is 1. The van der Waals surface area contributed by atoms with Gasteiger partial charge in [-0.1, -0.05) is 0 Å². The number of rotatable bonds is 9. The number of aromatic nitrogens is 1. The van der Waals surface area contributed by atoms with Crippen LogP contribution in [0.1, 0.15) is 26.7 Å². The summed E-state index contributed by atoms with van der Waals surface area (Å²) in [6.45, 7) is 5.84. The van der Waals surface area contributed by atoms with Gasteiger partial charge in [-0.15, -0.1) is 11.3 Å². The summed E-state index contributed by atoms with van der Waals surface area (Å²) in [6.07, 6.45) is 1.16. The summed E-state index contributed by atoms with van der Waals surface area (Å²) in [5.41, 5.74) is 1.85. The number of ether oxygens (including phenoxy) is 2. The molecule has 6 heteroatoms. The molecule has 0 atom stereocenters. The van der Waals surface area contributed by atoms with Crippen LogP contribution >= 0.6 is 11.3 Å². The predicted molar refractivity (Wildman–Crippen MR) is 93.1 cm³/mol. The number of nitrogens with one attached hydrogen (secondary N) is 1. The summed E-state index contributed by atoms with van der Waals surface area (Å²) < 4.78 is 10.6. The van der Waals surface area contributed by atoms with E-state index in [0.717, 1.165) is 23.4 Å². The van der Waals surface area contributed by atoms with Crippen LogP contribution in [-0.2, 0) is 9.53 Å². The Bertz CT molecular complexity index is 611. The molecule has 1 aromatic carbocycles. The van der Waals surface area contributed by atoms with Gasteiger partial charge in [-0.3, -0.25) is 4.79 Å². The lowest BCUT2D eigenvalue weighted by atomic mass is 10.2. The Morgan fingerprint density at radius 2 is 2.00 bits per heavy atom. The normalized spacial score (nSPS) is 10.5. The molecule has 2 rings (SSSR count). The third kappa shape index (κ3) is 5.65. The van der Waals surface area contributed by atoms with Crippen molar-refractivity contribution < 1.29 is 14.3 Å². The van der Waals surface area contributed by atoms with Crippen molar-refractivity contribution in [2.75, 3.05) is 25.1 Å². The van der Waals surface area contributed by atoms with Crippen molar-refractivity contribution in [2.24, 2.45) is 0 Å². The van der Waals surface area contributed by atoms with E-state index in [9.17, 15) is 4.79 Å². The van der Waals surface area contributed by atoms with Gasteiger partial charge in [0.2, 0.25) is 5.91 Å². The average molecular weight is 334 g/mol. The van der Waals surface area contributed by atoms with E-state index in [1.807, 2.05) is 43.5 Å². The maximum atomic E-state index is 11.8. The lowest BCUT2D eigenvalue weighted by molar-refractivity contribution is -0.116. The smallest absolute Gasteiger partial charge is 0.226 e. The topological polar surface area (TPSA) is 60.5 Å². The fourth-order valence-electron chi connectivity index (χ4n) is 2.01. The third-order valence-electron chi connectivity index (χ3n) is 3.11. The van der Waals surface area contributed by atoms with Gasteiger partial charge in [0, 0.05) is 30.6 Å². The average Bonchev–Trinajstić information content (AvgIpc) is 3.01. The summed E-state index contributed by atoms with van der Waals surface area (Å²) in [5.74, 6) is 0.812. The molecule has 0 unspecified atom stereocenters. The van der Waals surface area contributed by atoms with Crippen molar-refractivity contribution in [3.63, 3.8) is 0 Å². The van der Waals surface area contributed by atoms with Crippen LogP contribution in [0, 0.1) is 0 Å². The molecule has 5 nitrogen and oxygen atoms in total. The standard InChI is InChI=1S/C17H22N2O3S/c1-3-21-11-5-6-16(20)19-17-18-15(12-23-17)13-7-9-14(10-8-13)22-4-2/h7-10,12H,3-6,11H2,1-2H3,(H,18,19,20). The summed E-state index contributed by atoms with van der Waals surface area (Å²) in [4.78, 5) is 16.3. The minimum absolute atomic E-state index is 0.0303. The van der Waals surface area contributed by atoms with E-state index in [-0.39, 0.29) is 5.91 Å². The van der Waals surface area contributed by atoms with Crippen LogP contribution in [0.15, 0.2) is 29.6 Å². The Hall–Kier alpha value is -1.92. The molecule has 124 valence electrons. The molecule has 1 heterocycles. The molecule has 23 heavy (non-hydrogen) atoms. The van der Waals surface area contributed by atoms with Gasteiger partial charge in [-0.2, -0.15) is 0 Å². The lowest BCUT2D eigenvalue weighted by Gasteiger charge is -2.03. The number of amides is 1. The van der Waals surface area contributed by atoms with Crippen molar-refractivity contribution in [3.05, 3.63) is 29.6 Å². The molecular formula is C17H22N2O3S. The minimum atomic E-state index is -0.0303. The molecule has 0 spiro atoms. The van der Waals surface area contributed by atoms with Gasteiger partial charge in [0.1, 0.15) is 5.75 Å². The first kappa shape index (κ1) is 17.4. The molecule has 1 aromatic heterocycles. The number of hydrogen-bond donors (Lipinski definition) is 1. The van der Waals surface area contributed by atoms with Gasteiger partial charge in [0.05, 0.1) is 12.3 Å². The molecule has 1 amide bonds.